The van der Waals surface area contributed by atoms with E-state index in [-0.39, 0.29) is 5.97 Å². The van der Waals surface area contributed by atoms with Crippen LogP contribution in [-0.4, -0.2) is 12.6 Å². The summed E-state index contributed by atoms with van der Waals surface area (Å²) in [4.78, 5) is 13.6. The maximum absolute atomic E-state index is 13.6. The maximum Gasteiger partial charge on any atom is 0.333 e. The molecule has 0 N–H and O–H groups in total. The molecule has 0 bridgehead atoms. The molecule has 0 aliphatic rings. The Morgan fingerprint density at radius 3 is 0.869 bits per heavy atom. The third-order valence-corrected chi connectivity index (χ3v) is 14.1. The summed E-state index contributed by atoms with van der Waals surface area (Å²) in [5.41, 5.74) is 2.42. The van der Waals surface area contributed by atoms with Crippen LogP contribution in [0.3, 0.4) is 0 Å². The van der Waals surface area contributed by atoms with Crippen molar-refractivity contribution in [2.24, 2.45) is 5.92 Å². The van der Waals surface area contributed by atoms with Gasteiger partial charge in [0.2, 0.25) is 0 Å². The van der Waals surface area contributed by atoms with E-state index in [1.54, 1.807) is 0 Å². The number of esters is 1. The zero-order valence-corrected chi connectivity index (χ0v) is 43.2. The SMILES string of the molecule is CCCCCCCCCCCCCCCOC(=O)/C(C)=C(/CCCCCCCCCCCC)CC(CCCCCCCCCCCC)CCCCCCCCCCCCCC. The molecule has 61 heavy (non-hydrogen) atoms. The highest BCUT2D eigenvalue weighted by Crippen LogP contribution is 2.30. The van der Waals surface area contributed by atoms with Gasteiger partial charge in [-0.2, -0.15) is 0 Å². The molecule has 0 spiro atoms. The molecule has 0 radical (unpaired) electrons. The van der Waals surface area contributed by atoms with Gasteiger partial charge in [0, 0.05) is 5.57 Å². The van der Waals surface area contributed by atoms with Crippen molar-refractivity contribution in [1.29, 1.82) is 0 Å². The van der Waals surface area contributed by atoms with Gasteiger partial charge in [0.1, 0.15) is 0 Å². The molecule has 0 heterocycles. The largest absolute Gasteiger partial charge is 0.462 e. The van der Waals surface area contributed by atoms with E-state index < -0.39 is 0 Å². The van der Waals surface area contributed by atoms with Crippen molar-refractivity contribution >= 4 is 5.97 Å². The summed E-state index contributed by atoms with van der Waals surface area (Å²) in [5.74, 6) is 0.711. The Morgan fingerprint density at radius 1 is 0.328 bits per heavy atom. The summed E-state index contributed by atoms with van der Waals surface area (Å²) in [5, 5.41) is 0. The van der Waals surface area contributed by atoms with Gasteiger partial charge >= 0.3 is 5.97 Å². The Morgan fingerprint density at radius 2 is 0.574 bits per heavy atom. The monoisotopic (exact) mass is 857 g/mol. The minimum Gasteiger partial charge on any atom is -0.462 e. The summed E-state index contributed by atoms with van der Waals surface area (Å²) in [7, 11) is 0. The molecule has 0 saturated carbocycles. The van der Waals surface area contributed by atoms with E-state index >= 15 is 0 Å². The van der Waals surface area contributed by atoms with Crippen molar-refractivity contribution in [2.75, 3.05) is 6.61 Å². The fourth-order valence-corrected chi connectivity index (χ4v) is 9.70. The van der Waals surface area contributed by atoms with Gasteiger partial charge in [-0.1, -0.05) is 322 Å². The Balaban J connectivity index is 5.11. The lowest BCUT2D eigenvalue weighted by atomic mass is 9.85. The van der Waals surface area contributed by atoms with E-state index in [1.807, 2.05) is 0 Å². The third kappa shape index (κ3) is 45.6. The molecule has 2 heteroatoms. The standard InChI is InChI=1S/C59H116O2/c1-6-10-14-18-22-26-30-32-34-38-42-46-50-54-61-59(60)56(5)58(53-49-45-41-37-29-25-21-17-13-9-4)55-57(51-47-43-39-35-28-24-20-16-12-8-3)52-48-44-40-36-33-31-27-23-19-15-11-7-2/h57H,6-55H2,1-5H3/b58-56-. The van der Waals surface area contributed by atoms with Crippen molar-refractivity contribution in [3.63, 3.8) is 0 Å². The van der Waals surface area contributed by atoms with Gasteiger partial charge in [-0.05, 0) is 38.5 Å². The van der Waals surface area contributed by atoms with Crippen molar-refractivity contribution in [3.8, 4) is 0 Å². The Labute approximate surface area is 386 Å². The van der Waals surface area contributed by atoms with Crippen LogP contribution in [0, 0.1) is 5.92 Å². The predicted octanol–water partition coefficient (Wildman–Crippen LogP) is 21.7. The molecule has 0 aliphatic carbocycles. The van der Waals surface area contributed by atoms with Crippen LogP contribution in [0.2, 0.25) is 0 Å². The number of hydrogen-bond acceptors (Lipinski definition) is 2. The van der Waals surface area contributed by atoms with E-state index in [4.69, 9.17) is 4.74 Å². The number of rotatable bonds is 52. The second-order valence-electron chi connectivity index (χ2n) is 20.3. The molecular formula is C59H116O2. The Hall–Kier alpha value is -0.790. The van der Waals surface area contributed by atoms with Crippen molar-refractivity contribution < 1.29 is 9.53 Å². The number of carbonyl (C=O) groups is 1. The van der Waals surface area contributed by atoms with E-state index in [9.17, 15) is 4.79 Å². The fraction of sp³-hybridized carbons (Fsp3) is 0.949. The van der Waals surface area contributed by atoms with Gasteiger partial charge in [-0.25, -0.2) is 4.79 Å². The van der Waals surface area contributed by atoms with E-state index in [0.29, 0.717) is 6.61 Å². The number of unbranched alkanes of at least 4 members (excludes halogenated alkanes) is 41. The van der Waals surface area contributed by atoms with E-state index in [1.165, 1.54) is 301 Å². The van der Waals surface area contributed by atoms with Crippen LogP contribution < -0.4 is 0 Å². The fourth-order valence-electron chi connectivity index (χ4n) is 9.70. The average molecular weight is 858 g/mol. The number of ether oxygens (including phenoxy) is 1. The van der Waals surface area contributed by atoms with Crippen LogP contribution >= 0.6 is 0 Å². The lowest BCUT2D eigenvalue weighted by Crippen LogP contribution is -2.12. The van der Waals surface area contributed by atoms with Crippen molar-refractivity contribution in [1.82, 2.24) is 0 Å². The topological polar surface area (TPSA) is 26.3 Å². The molecule has 0 aromatic rings. The molecule has 2 nitrogen and oxygen atoms in total. The number of hydrogen-bond donors (Lipinski definition) is 0. The van der Waals surface area contributed by atoms with E-state index in [2.05, 4.69) is 34.6 Å². The molecule has 0 aliphatic heterocycles. The molecule has 0 aromatic heterocycles. The van der Waals surface area contributed by atoms with Crippen LogP contribution in [0.5, 0.6) is 0 Å². The average Bonchev–Trinajstić information content (AvgIpc) is 3.27. The lowest BCUT2D eigenvalue weighted by Gasteiger charge is -2.21. The summed E-state index contributed by atoms with van der Waals surface area (Å²) in [6.07, 6.45) is 67.1. The first-order chi connectivity index (χ1) is 30.1. The predicted molar refractivity (Wildman–Crippen MR) is 276 cm³/mol. The first kappa shape index (κ1) is 60.2. The first-order valence-electron chi connectivity index (χ1n) is 29.0. The minimum atomic E-state index is -0.0101. The Bertz CT molecular complexity index is 874. The smallest absolute Gasteiger partial charge is 0.333 e. The molecule has 0 fully saturated rings. The quantitative estimate of drug-likeness (QED) is 0.0346. The summed E-state index contributed by atoms with van der Waals surface area (Å²) >= 11 is 0. The van der Waals surface area contributed by atoms with Crippen LogP contribution in [0.15, 0.2) is 11.1 Å². The van der Waals surface area contributed by atoms with Crippen molar-refractivity contribution in [2.45, 2.75) is 349 Å². The molecule has 1 unspecified atom stereocenters. The number of allylic oxidation sites excluding steroid dienone is 1. The normalized spacial score (nSPS) is 12.6. The van der Waals surface area contributed by atoms with Crippen LogP contribution in [0.1, 0.15) is 349 Å². The summed E-state index contributed by atoms with van der Waals surface area (Å²) in [6, 6.07) is 0. The van der Waals surface area contributed by atoms with Crippen LogP contribution in [-0.2, 0) is 9.53 Å². The maximum atomic E-state index is 13.6. The Kier molecular flexibility index (Phi) is 51.2. The lowest BCUT2D eigenvalue weighted by molar-refractivity contribution is -0.139. The summed E-state index contributed by atoms with van der Waals surface area (Å²) in [6.45, 7) is 12.0. The highest BCUT2D eigenvalue weighted by molar-refractivity contribution is 5.88. The summed E-state index contributed by atoms with van der Waals surface area (Å²) < 4.78 is 6.01. The third-order valence-electron chi connectivity index (χ3n) is 14.1. The zero-order valence-electron chi connectivity index (χ0n) is 43.2. The highest BCUT2D eigenvalue weighted by Gasteiger charge is 2.18. The second kappa shape index (κ2) is 51.8. The molecule has 1 atom stereocenters. The van der Waals surface area contributed by atoms with Gasteiger partial charge in [0.05, 0.1) is 6.61 Å². The van der Waals surface area contributed by atoms with E-state index in [0.717, 1.165) is 30.8 Å². The minimum absolute atomic E-state index is 0.0101. The highest BCUT2D eigenvalue weighted by atomic mass is 16.5. The van der Waals surface area contributed by atoms with Gasteiger partial charge in [-0.15, -0.1) is 0 Å². The van der Waals surface area contributed by atoms with Crippen molar-refractivity contribution in [3.05, 3.63) is 11.1 Å². The molecule has 0 amide bonds. The molecule has 0 saturated heterocycles. The zero-order chi connectivity index (χ0) is 44.4. The van der Waals surface area contributed by atoms with Crippen LogP contribution in [0.25, 0.3) is 0 Å². The molecule has 364 valence electrons. The molecule has 0 rings (SSSR count). The first-order valence-corrected chi connectivity index (χ1v) is 29.0. The van der Waals surface area contributed by atoms with Gasteiger partial charge in [0.25, 0.3) is 0 Å². The molecule has 0 aromatic carbocycles. The van der Waals surface area contributed by atoms with Gasteiger partial charge < -0.3 is 4.74 Å². The number of carbonyl (C=O) groups excluding carboxylic acids is 1. The second-order valence-corrected chi connectivity index (χ2v) is 20.3. The molecular weight excluding hydrogens is 741 g/mol. The van der Waals surface area contributed by atoms with Gasteiger partial charge in [-0.3, -0.25) is 0 Å². The van der Waals surface area contributed by atoms with Gasteiger partial charge in [0.15, 0.2) is 0 Å². The van der Waals surface area contributed by atoms with Crippen LogP contribution in [0.4, 0.5) is 0 Å².